The summed E-state index contributed by atoms with van der Waals surface area (Å²) >= 11 is 0. The van der Waals surface area contributed by atoms with Crippen LogP contribution in [0.1, 0.15) is 30.5 Å². The van der Waals surface area contributed by atoms with Crippen LogP contribution >= 0.6 is 0 Å². The molecule has 8 heteroatoms. The van der Waals surface area contributed by atoms with Crippen molar-refractivity contribution in [3.8, 4) is 17.6 Å². The molecule has 0 radical (unpaired) electrons. The Bertz CT molecular complexity index is 1250. The number of nitriles is 1. The van der Waals surface area contributed by atoms with Crippen molar-refractivity contribution in [3.05, 3.63) is 89.5 Å². The Morgan fingerprint density at radius 1 is 0.972 bits per heavy atom. The second kappa shape index (κ2) is 12.7. The lowest BCUT2D eigenvalue weighted by atomic mass is 9.94. The molecule has 0 aromatic heterocycles. The molecule has 0 heterocycles. The molecule has 3 aromatic carbocycles. The Morgan fingerprint density at radius 2 is 1.64 bits per heavy atom. The summed E-state index contributed by atoms with van der Waals surface area (Å²) in [5, 5.41) is 15.9. The van der Waals surface area contributed by atoms with Gasteiger partial charge in [-0.3, -0.25) is 9.59 Å². The lowest BCUT2D eigenvalue weighted by Crippen LogP contribution is -2.39. The highest BCUT2D eigenvalue weighted by molar-refractivity contribution is 6.06. The summed E-state index contributed by atoms with van der Waals surface area (Å²) in [6, 6.07) is 23.4. The smallest absolute Gasteiger partial charge is 0.252 e. The van der Waals surface area contributed by atoms with E-state index in [0.717, 1.165) is 11.1 Å². The lowest BCUT2D eigenvalue weighted by molar-refractivity contribution is -0.134. The van der Waals surface area contributed by atoms with E-state index >= 15 is 0 Å². The van der Waals surface area contributed by atoms with Crippen molar-refractivity contribution in [2.75, 3.05) is 12.4 Å². The normalized spacial score (nSPS) is 11.5. The summed E-state index contributed by atoms with van der Waals surface area (Å²) in [4.78, 5) is 25.4. The molecule has 0 aliphatic carbocycles. The maximum atomic E-state index is 12.7. The SMILES string of the molecule is COc1ccc(NC(=O)C(C(=O)NN=Cc2ccc(OCc3ccccc3C#N)cc2)C(C)C)cc1. The molecule has 0 saturated heterocycles. The first-order chi connectivity index (χ1) is 17.4. The van der Waals surface area contributed by atoms with Gasteiger partial charge in [0.2, 0.25) is 5.91 Å². The van der Waals surface area contributed by atoms with Gasteiger partial charge >= 0.3 is 0 Å². The average Bonchev–Trinajstić information content (AvgIpc) is 2.88. The monoisotopic (exact) mass is 484 g/mol. The Morgan fingerprint density at radius 3 is 2.28 bits per heavy atom. The largest absolute Gasteiger partial charge is 0.497 e. The van der Waals surface area contributed by atoms with Gasteiger partial charge in [-0.05, 0) is 66.1 Å². The zero-order chi connectivity index (χ0) is 25.9. The van der Waals surface area contributed by atoms with Crippen LogP contribution in [0.2, 0.25) is 0 Å². The molecule has 0 aliphatic rings. The predicted octanol–water partition coefficient (Wildman–Crippen LogP) is 4.51. The van der Waals surface area contributed by atoms with E-state index in [1.807, 2.05) is 18.2 Å². The van der Waals surface area contributed by atoms with E-state index in [4.69, 9.17) is 9.47 Å². The van der Waals surface area contributed by atoms with Crippen LogP contribution in [0.15, 0.2) is 77.9 Å². The number of hydrazone groups is 1. The number of methoxy groups -OCH3 is 1. The summed E-state index contributed by atoms with van der Waals surface area (Å²) in [5.74, 6) is -0.758. The molecule has 2 amide bonds. The maximum Gasteiger partial charge on any atom is 0.252 e. The van der Waals surface area contributed by atoms with Crippen molar-refractivity contribution < 1.29 is 19.1 Å². The topological polar surface area (TPSA) is 113 Å². The zero-order valence-corrected chi connectivity index (χ0v) is 20.4. The summed E-state index contributed by atoms with van der Waals surface area (Å²) < 4.78 is 10.9. The molecule has 0 aliphatic heterocycles. The van der Waals surface area contributed by atoms with Crippen LogP contribution < -0.4 is 20.2 Å². The van der Waals surface area contributed by atoms with E-state index in [1.165, 1.54) is 6.21 Å². The van der Waals surface area contributed by atoms with Crippen molar-refractivity contribution in [2.45, 2.75) is 20.5 Å². The summed E-state index contributed by atoms with van der Waals surface area (Å²) in [7, 11) is 1.56. The fourth-order valence-corrected chi connectivity index (χ4v) is 3.43. The van der Waals surface area contributed by atoms with Crippen molar-refractivity contribution in [2.24, 2.45) is 16.9 Å². The number of hydrogen-bond donors (Lipinski definition) is 2. The molecule has 0 saturated carbocycles. The van der Waals surface area contributed by atoms with E-state index in [9.17, 15) is 14.9 Å². The van der Waals surface area contributed by atoms with Crippen molar-refractivity contribution >= 4 is 23.7 Å². The molecule has 0 spiro atoms. The number of rotatable bonds is 10. The molecule has 0 fully saturated rings. The van der Waals surface area contributed by atoms with Crippen molar-refractivity contribution in [3.63, 3.8) is 0 Å². The first-order valence-electron chi connectivity index (χ1n) is 11.4. The molecule has 1 unspecified atom stereocenters. The van der Waals surface area contributed by atoms with Gasteiger partial charge in [0.05, 0.1) is 25.0 Å². The lowest BCUT2D eigenvalue weighted by Gasteiger charge is -2.18. The van der Waals surface area contributed by atoms with Gasteiger partial charge in [0.25, 0.3) is 5.91 Å². The van der Waals surface area contributed by atoms with Crippen molar-refractivity contribution in [1.82, 2.24) is 5.43 Å². The second-order valence-corrected chi connectivity index (χ2v) is 8.30. The van der Waals surface area contributed by atoms with Crippen LogP contribution in [0.3, 0.4) is 0 Å². The van der Waals surface area contributed by atoms with Crippen LogP contribution in [0, 0.1) is 23.2 Å². The van der Waals surface area contributed by atoms with E-state index in [2.05, 4.69) is 21.9 Å². The van der Waals surface area contributed by atoms with Gasteiger partial charge in [0.15, 0.2) is 0 Å². The minimum Gasteiger partial charge on any atom is -0.497 e. The fourth-order valence-electron chi connectivity index (χ4n) is 3.43. The second-order valence-electron chi connectivity index (χ2n) is 8.30. The molecular formula is C28H28N4O4. The molecule has 184 valence electrons. The number of carbonyl (C=O) groups excluding carboxylic acids is 2. The van der Waals surface area contributed by atoms with Gasteiger partial charge in [-0.2, -0.15) is 10.4 Å². The van der Waals surface area contributed by atoms with Crippen LogP contribution in [-0.4, -0.2) is 25.1 Å². The Kier molecular flexibility index (Phi) is 9.18. The minimum atomic E-state index is -0.920. The molecule has 0 bridgehead atoms. The van der Waals surface area contributed by atoms with Gasteiger partial charge in [-0.25, -0.2) is 5.43 Å². The first kappa shape index (κ1) is 26.0. The van der Waals surface area contributed by atoms with E-state index in [-0.39, 0.29) is 12.5 Å². The molecule has 3 rings (SSSR count). The first-order valence-corrected chi connectivity index (χ1v) is 11.4. The molecule has 3 aromatic rings. The molecule has 2 N–H and O–H groups in total. The number of hydrogen-bond acceptors (Lipinski definition) is 6. The Balaban J connectivity index is 1.54. The molecule has 1 atom stereocenters. The third-order valence-corrected chi connectivity index (χ3v) is 5.39. The van der Waals surface area contributed by atoms with Crippen LogP contribution in [0.4, 0.5) is 5.69 Å². The highest BCUT2D eigenvalue weighted by Gasteiger charge is 2.29. The van der Waals surface area contributed by atoms with Crippen LogP contribution in [-0.2, 0) is 16.2 Å². The fraction of sp³-hybridized carbons (Fsp3) is 0.214. The minimum absolute atomic E-state index is 0.235. The zero-order valence-electron chi connectivity index (χ0n) is 20.4. The van der Waals surface area contributed by atoms with Gasteiger partial charge in [-0.15, -0.1) is 0 Å². The highest BCUT2D eigenvalue weighted by atomic mass is 16.5. The standard InChI is InChI=1S/C28H28N4O4/c1-19(2)26(27(33)31-23-10-14-24(35-3)15-11-23)28(34)32-30-17-20-8-12-25(13-9-20)36-18-22-7-5-4-6-21(22)16-29/h4-15,17,19,26H,18H2,1-3H3,(H,31,33)(H,32,34). The number of amides is 2. The number of ether oxygens (including phenoxy) is 2. The van der Waals surface area contributed by atoms with Gasteiger partial charge < -0.3 is 14.8 Å². The molecular weight excluding hydrogens is 456 g/mol. The van der Waals surface area contributed by atoms with Crippen molar-refractivity contribution in [1.29, 1.82) is 5.26 Å². The van der Waals surface area contributed by atoms with Gasteiger partial charge in [0.1, 0.15) is 24.0 Å². The number of benzene rings is 3. The van der Waals surface area contributed by atoms with E-state index in [0.29, 0.717) is 22.7 Å². The predicted molar refractivity (Wildman–Crippen MR) is 138 cm³/mol. The highest BCUT2D eigenvalue weighted by Crippen LogP contribution is 2.19. The Hall–Kier alpha value is -4.64. The third-order valence-electron chi connectivity index (χ3n) is 5.39. The maximum absolute atomic E-state index is 12.7. The number of carbonyl (C=O) groups is 2. The Labute approximate surface area is 210 Å². The van der Waals surface area contributed by atoms with Crippen LogP contribution in [0.25, 0.3) is 0 Å². The average molecular weight is 485 g/mol. The third kappa shape index (κ3) is 7.18. The summed E-state index contributed by atoms with van der Waals surface area (Å²) in [6.45, 7) is 3.88. The molecule has 8 nitrogen and oxygen atoms in total. The van der Waals surface area contributed by atoms with Gasteiger partial charge in [0, 0.05) is 11.3 Å². The number of anilines is 1. The summed E-state index contributed by atoms with van der Waals surface area (Å²) in [5.41, 5.74) is 5.16. The molecule has 36 heavy (non-hydrogen) atoms. The van der Waals surface area contributed by atoms with E-state index < -0.39 is 17.7 Å². The number of nitrogens with one attached hydrogen (secondary N) is 2. The van der Waals surface area contributed by atoms with E-state index in [1.54, 1.807) is 75.6 Å². The summed E-state index contributed by atoms with van der Waals surface area (Å²) in [6.07, 6.45) is 1.49. The number of nitrogens with zero attached hydrogens (tertiary/aromatic N) is 2. The quantitative estimate of drug-likeness (QED) is 0.250. The van der Waals surface area contributed by atoms with Crippen LogP contribution in [0.5, 0.6) is 11.5 Å². The van der Waals surface area contributed by atoms with Gasteiger partial charge in [-0.1, -0.05) is 32.0 Å².